The lowest BCUT2D eigenvalue weighted by Gasteiger charge is -2.21. The lowest BCUT2D eigenvalue weighted by Crippen LogP contribution is -2.31. The Bertz CT molecular complexity index is 803. The molecule has 0 aliphatic rings. The molecule has 0 fully saturated rings. The first kappa shape index (κ1) is 19.7. The average molecular weight is 373 g/mol. The van der Waals surface area contributed by atoms with Gasteiger partial charge >= 0.3 is 0 Å². The Labute approximate surface area is 158 Å². The predicted molar refractivity (Wildman–Crippen MR) is 102 cm³/mol. The SMILES string of the molecule is CC(=O)c1ccc(NC(=O)CCN(Cc2ccccc2Cl)C(C)=O)cc1. The molecule has 0 aromatic heterocycles. The number of carbonyl (C=O) groups is 3. The number of hydrogen-bond donors (Lipinski definition) is 1. The number of anilines is 1. The van der Waals surface area contributed by atoms with Crippen LogP contribution in [0.5, 0.6) is 0 Å². The molecule has 0 saturated carbocycles. The molecule has 0 atom stereocenters. The third-order valence-corrected chi connectivity index (χ3v) is 4.32. The van der Waals surface area contributed by atoms with Gasteiger partial charge in [0.15, 0.2) is 5.78 Å². The average Bonchev–Trinajstić information content (AvgIpc) is 2.60. The van der Waals surface area contributed by atoms with Gasteiger partial charge in [-0.15, -0.1) is 0 Å². The third-order valence-electron chi connectivity index (χ3n) is 3.95. The number of nitrogens with zero attached hydrogens (tertiary/aromatic N) is 1. The molecule has 2 aromatic carbocycles. The smallest absolute Gasteiger partial charge is 0.226 e. The fourth-order valence-electron chi connectivity index (χ4n) is 2.43. The molecule has 0 unspecified atom stereocenters. The van der Waals surface area contributed by atoms with Gasteiger partial charge in [-0.1, -0.05) is 29.8 Å². The summed E-state index contributed by atoms with van der Waals surface area (Å²) < 4.78 is 0. The van der Waals surface area contributed by atoms with E-state index in [0.717, 1.165) is 5.56 Å². The van der Waals surface area contributed by atoms with E-state index in [-0.39, 0.29) is 30.6 Å². The third kappa shape index (κ3) is 5.70. The first-order valence-electron chi connectivity index (χ1n) is 8.26. The number of Topliss-reactive ketones (excluding diaryl/α,β-unsaturated/α-hetero) is 1. The number of benzene rings is 2. The van der Waals surface area contributed by atoms with Crippen molar-refractivity contribution >= 4 is 34.9 Å². The topological polar surface area (TPSA) is 66.5 Å². The van der Waals surface area contributed by atoms with Gasteiger partial charge in [0.1, 0.15) is 0 Å². The van der Waals surface area contributed by atoms with Crippen molar-refractivity contribution in [3.63, 3.8) is 0 Å². The van der Waals surface area contributed by atoms with Crippen LogP contribution in [0.15, 0.2) is 48.5 Å². The van der Waals surface area contributed by atoms with Crippen LogP contribution in [0.4, 0.5) is 5.69 Å². The van der Waals surface area contributed by atoms with Crippen molar-refractivity contribution in [2.24, 2.45) is 0 Å². The summed E-state index contributed by atoms with van der Waals surface area (Å²) in [5, 5.41) is 3.35. The number of rotatable bonds is 7. The van der Waals surface area contributed by atoms with Gasteiger partial charge in [-0.05, 0) is 42.8 Å². The van der Waals surface area contributed by atoms with Crippen LogP contribution in [0.25, 0.3) is 0 Å². The number of nitrogens with one attached hydrogen (secondary N) is 1. The highest BCUT2D eigenvalue weighted by Gasteiger charge is 2.13. The molecule has 2 rings (SSSR count). The molecule has 2 amide bonds. The van der Waals surface area contributed by atoms with Gasteiger partial charge in [0.25, 0.3) is 0 Å². The van der Waals surface area contributed by atoms with Crippen LogP contribution in [0.1, 0.15) is 36.2 Å². The van der Waals surface area contributed by atoms with Crippen molar-refractivity contribution in [1.82, 2.24) is 4.90 Å². The summed E-state index contributed by atoms with van der Waals surface area (Å²) in [7, 11) is 0. The minimum Gasteiger partial charge on any atom is -0.338 e. The second kappa shape index (κ2) is 9.15. The molecule has 6 heteroatoms. The molecular weight excluding hydrogens is 352 g/mol. The zero-order valence-corrected chi connectivity index (χ0v) is 15.5. The molecule has 0 radical (unpaired) electrons. The molecule has 1 N–H and O–H groups in total. The van der Waals surface area contributed by atoms with Gasteiger partial charge in [0, 0.05) is 42.7 Å². The molecule has 5 nitrogen and oxygen atoms in total. The maximum absolute atomic E-state index is 12.1. The van der Waals surface area contributed by atoms with Crippen molar-refractivity contribution in [3.05, 3.63) is 64.7 Å². The van der Waals surface area contributed by atoms with E-state index >= 15 is 0 Å². The quantitative estimate of drug-likeness (QED) is 0.749. The Hall–Kier alpha value is -2.66. The Morgan fingerprint density at radius 1 is 1.00 bits per heavy atom. The monoisotopic (exact) mass is 372 g/mol. The number of carbonyl (C=O) groups excluding carboxylic acids is 3. The normalized spacial score (nSPS) is 10.3. The van der Waals surface area contributed by atoms with Crippen LogP contribution in [-0.4, -0.2) is 29.0 Å². The summed E-state index contributed by atoms with van der Waals surface area (Å²) in [5.74, 6) is -0.353. The minimum absolute atomic E-state index is 0.0282. The van der Waals surface area contributed by atoms with Crippen molar-refractivity contribution in [1.29, 1.82) is 0 Å². The van der Waals surface area contributed by atoms with Crippen LogP contribution in [0.2, 0.25) is 5.02 Å². The molecule has 0 spiro atoms. The summed E-state index contributed by atoms with van der Waals surface area (Å²) in [5.41, 5.74) is 2.04. The van der Waals surface area contributed by atoms with E-state index in [9.17, 15) is 14.4 Å². The first-order valence-corrected chi connectivity index (χ1v) is 8.64. The van der Waals surface area contributed by atoms with Gasteiger partial charge in [-0.2, -0.15) is 0 Å². The van der Waals surface area contributed by atoms with Gasteiger partial charge in [-0.3, -0.25) is 14.4 Å². The van der Waals surface area contributed by atoms with E-state index in [2.05, 4.69) is 5.32 Å². The Balaban J connectivity index is 1.91. The van der Waals surface area contributed by atoms with E-state index in [0.29, 0.717) is 22.8 Å². The predicted octanol–water partition coefficient (Wildman–Crippen LogP) is 3.92. The van der Waals surface area contributed by atoms with E-state index in [1.807, 2.05) is 18.2 Å². The summed E-state index contributed by atoms with van der Waals surface area (Å²) >= 11 is 6.14. The standard InChI is InChI=1S/C20H21ClN2O3/c1-14(24)16-7-9-18(10-8-16)22-20(26)11-12-23(15(2)25)13-17-5-3-4-6-19(17)21/h3-10H,11-13H2,1-2H3,(H,22,26). The summed E-state index contributed by atoms with van der Waals surface area (Å²) in [6.45, 7) is 3.60. The minimum atomic E-state index is -0.203. The van der Waals surface area contributed by atoms with E-state index in [1.54, 1.807) is 35.2 Å². The molecule has 0 saturated heterocycles. The molecular formula is C20H21ClN2O3. The maximum atomic E-state index is 12.1. The van der Waals surface area contributed by atoms with Crippen molar-refractivity contribution in [2.45, 2.75) is 26.8 Å². The summed E-state index contributed by atoms with van der Waals surface area (Å²) in [6.07, 6.45) is 0.165. The summed E-state index contributed by atoms with van der Waals surface area (Å²) in [4.78, 5) is 36.8. The lowest BCUT2D eigenvalue weighted by atomic mass is 10.1. The highest BCUT2D eigenvalue weighted by Crippen LogP contribution is 2.17. The molecule has 0 aliphatic carbocycles. The number of halogens is 1. The molecule has 0 heterocycles. The molecule has 2 aromatic rings. The van der Waals surface area contributed by atoms with Crippen molar-refractivity contribution < 1.29 is 14.4 Å². The second-order valence-electron chi connectivity index (χ2n) is 5.96. The molecule has 0 aliphatic heterocycles. The van der Waals surface area contributed by atoms with Gasteiger partial charge in [0.05, 0.1) is 0 Å². The van der Waals surface area contributed by atoms with E-state index in [1.165, 1.54) is 13.8 Å². The molecule has 0 bridgehead atoms. The summed E-state index contributed by atoms with van der Waals surface area (Å²) in [6, 6.07) is 14.0. The lowest BCUT2D eigenvalue weighted by molar-refractivity contribution is -0.129. The molecule has 26 heavy (non-hydrogen) atoms. The number of amides is 2. The number of hydrogen-bond acceptors (Lipinski definition) is 3. The Morgan fingerprint density at radius 2 is 1.65 bits per heavy atom. The Kier molecular flexibility index (Phi) is 6.92. The highest BCUT2D eigenvalue weighted by atomic mass is 35.5. The van der Waals surface area contributed by atoms with Crippen LogP contribution in [0.3, 0.4) is 0 Å². The van der Waals surface area contributed by atoms with Crippen LogP contribution in [-0.2, 0) is 16.1 Å². The fourth-order valence-corrected chi connectivity index (χ4v) is 2.62. The van der Waals surface area contributed by atoms with Gasteiger partial charge in [-0.25, -0.2) is 0 Å². The first-order chi connectivity index (χ1) is 12.4. The van der Waals surface area contributed by atoms with Crippen molar-refractivity contribution in [3.8, 4) is 0 Å². The zero-order valence-electron chi connectivity index (χ0n) is 14.8. The van der Waals surface area contributed by atoms with Gasteiger partial charge in [0.2, 0.25) is 11.8 Å². The van der Waals surface area contributed by atoms with Crippen molar-refractivity contribution in [2.75, 3.05) is 11.9 Å². The van der Waals surface area contributed by atoms with Crippen LogP contribution < -0.4 is 5.32 Å². The largest absolute Gasteiger partial charge is 0.338 e. The molecule has 136 valence electrons. The van der Waals surface area contributed by atoms with Gasteiger partial charge < -0.3 is 10.2 Å². The zero-order chi connectivity index (χ0) is 19.1. The highest BCUT2D eigenvalue weighted by molar-refractivity contribution is 6.31. The van der Waals surface area contributed by atoms with Crippen LogP contribution >= 0.6 is 11.6 Å². The maximum Gasteiger partial charge on any atom is 0.226 e. The number of ketones is 1. The fraction of sp³-hybridized carbons (Fsp3) is 0.250. The van der Waals surface area contributed by atoms with Crippen LogP contribution in [0, 0.1) is 0 Å². The second-order valence-corrected chi connectivity index (χ2v) is 6.37. The van der Waals surface area contributed by atoms with E-state index in [4.69, 9.17) is 11.6 Å². The Morgan fingerprint density at radius 3 is 2.23 bits per heavy atom. The van der Waals surface area contributed by atoms with E-state index < -0.39 is 0 Å².